The Bertz CT molecular complexity index is 1680. The van der Waals surface area contributed by atoms with Gasteiger partial charge < -0.3 is 21.2 Å². The zero-order valence-corrected chi connectivity index (χ0v) is 23.3. The molecule has 2 aromatic heterocycles. The lowest BCUT2D eigenvalue weighted by molar-refractivity contribution is 0.195. The molecule has 0 bridgehead atoms. The first-order valence-corrected chi connectivity index (χ1v) is 13.2. The number of hydrogen-bond donors (Lipinski definition) is 5. The predicted molar refractivity (Wildman–Crippen MR) is 155 cm³/mol. The zero-order valence-electron chi connectivity index (χ0n) is 20.3. The van der Waals surface area contributed by atoms with Crippen molar-refractivity contribution >= 4 is 74.4 Å². The van der Waals surface area contributed by atoms with Gasteiger partial charge in [-0.1, -0.05) is 46.4 Å². The summed E-state index contributed by atoms with van der Waals surface area (Å²) in [6, 6.07) is 10.8. The van der Waals surface area contributed by atoms with Crippen LogP contribution >= 0.6 is 46.4 Å². The number of β-amino-alcohol motifs (C(OH)–C–C–N with tert-alkyl or cyclic N) is 1. The van der Waals surface area contributed by atoms with E-state index in [0.717, 1.165) is 0 Å². The van der Waals surface area contributed by atoms with Crippen molar-refractivity contribution in [3.63, 3.8) is 0 Å². The van der Waals surface area contributed by atoms with Crippen molar-refractivity contribution in [1.29, 1.82) is 5.26 Å². The van der Waals surface area contributed by atoms with Gasteiger partial charge in [-0.25, -0.2) is 9.37 Å². The molecule has 204 valence electrons. The highest BCUT2D eigenvalue weighted by Crippen LogP contribution is 2.38. The Balaban J connectivity index is 1.61. The van der Waals surface area contributed by atoms with Crippen LogP contribution in [0.2, 0.25) is 20.2 Å². The fourth-order valence-corrected chi connectivity index (χ4v) is 4.98. The number of rotatable bonds is 8. The van der Waals surface area contributed by atoms with Gasteiger partial charge in [0.1, 0.15) is 17.0 Å². The van der Waals surface area contributed by atoms with E-state index in [2.05, 4.69) is 37.6 Å². The number of pyridine rings is 2. The van der Waals surface area contributed by atoms with Gasteiger partial charge in [-0.3, -0.25) is 9.99 Å². The van der Waals surface area contributed by atoms with Crippen molar-refractivity contribution in [3.05, 3.63) is 97.9 Å². The number of nitrogens with zero attached hydrogens (tertiary/aromatic N) is 4. The third-order valence-corrected chi connectivity index (χ3v) is 7.08. The summed E-state index contributed by atoms with van der Waals surface area (Å²) in [5, 5.41) is 28.8. The molecule has 0 fully saturated rings. The molecule has 1 aliphatic heterocycles. The average molecular weight is 620 g/mol. The van der Waals surface area contributed by atoms with E-state index >= 15 is 0 Å². The Kier molecular flexibility index (Phi) is 8.32. The van der Waals surface area contributed by atoms with Gasteiger partial charge >= 0.3 is 0 Å². The van der Waals surface area contributed by atoms with Crippen LogP contribution in [0.5, 0.6) is 0 Å². The molecule has 3 heterocycles. The van der Waals surface area contributed by atoms with Crippen LogP contribution in [0.15, 0.2) is 60.7 Å². The zero-order chi connectivity index (χ0) is 28.4. The molecule has 0 saturated carbocycles. The topological polar surface area (TPSA) is 121 Å². The highest BCUT2D eigenvalue weighted by atomic mass is 35.5. The number of nitriles is 1. The molecule has 1 atom stereocenters. The van der Waals surface area contributed by atoms with Crippen molar-refractivity contribution in [2.24, 2.45) is 0 Å². The minimum Gasteiger partial charge on any atom is -0.394 e. The van der Waals surface area contributed by atoms with Gasteiger partial charge in [0.05, 0.1) is 56.7 Å². The molecule has 0 aliphatic carbocycles. The predicted octanol–water partition coefficient (Wildman–Crippen LogP) is 6.31. The highest BCUT2D eigenvalue weighted by Gasteiger charge is 2.26. The summed E-state index contributed by atoms with van der Waals surface area (Å²) in [5.74, 6) is -0.566. The van der Waals surface area contributed by atoms with Crippen LogP contribution in [0.3, 0.4) is 0 Å². The number of nitrogens with one attached hydrogen (secondary N) is 4. The molecule has 2 aromatic carbocycles. The largest absolute Gasteiger partial charge is 0.394 e. The average Bonchev–Trinajstić information content (AvgIpc) is 3.40. The van der Waals surface area contributed by atoms with Gasteiger partial charge in [-0.05, 0) is 36.4 Å². The summed E-state index contributed by atoms with van der Waals surface area (Å²) in [5.41, 5.74) is 9.36. The smallest absolute Gasteiger partial charge is 0.141 e. The van der Waals surface area contributed by atoms with E-state index in [1.54, 1.807) is 29.4 Å². The second kappa shape index (κ2) is 11.9. The van der Waals surface area contributed by atoms with Crippen molar-refractivity contribution in [2.45, 2.75) is 6.04 Å². The molecule has 0 unspecified atom stereocenters. The molecule has 0 saturated heterocycles. The van der Waals surface area contributed by atoms with Crippen LogP contribution in [0.4, 0.5) is 21.5 Å². The first-order chi connectivity index (χ1) is 19.3. The molecule has 5 rings (SSSR count). The lowest BCUT2D eigenvalue weighted by Crippen LogP contribution is -2.38. The van der Waals surface area contributed by atoms with E-state index < -0.39 is 11.9 Å². The lowest BCUT2D eigenvalue weighted by Gasteiger charge is -2.23. The monoisotopic (exact) mass is 618 g/mol. The molecule has 0 spiro atoms. The third kappa shape index (κ3) is 5.81. The van der Waals surface area contributed by atoms with E-state index in [1.165, 1.54) is 30.6 Å². The van der Waals surface area contributed by atoms with Crippen molar-refractivity contribution in [3.8, 4) is 6.07 Å². The van der Waals surface area contributed by atoms with E-state index in [1.807, 2.05) is 0 Å². The van der Waals surface area contributed by atoms with Crippen LogP contribution in [0.1, 0.15) is 17.2 Å². The molecular weight excluding hydrogens is 601 g/mol. The minimum atomic E-state index is -0.595. The number of benzene rings is 2. The van der Waals surface area contributed by atoms with E-state index in [9.17, 15) is 14.8 Å². The fourth-order valence-electron chi connectivity index (χ4n) is 4.15. The quantitative estimate of drug-likeness (QED) is 0.144. The Hall–Kier alpha value is -3.56. The number of aromatic nitrogens is 2. The third-order valence-electron chi connectivity index (χ3n) is 5.98. The van der Waals surface area contributed by atoms with E-state index in [4.69, 9.17) is 46.4 Å². The van der Waals surface area contributed by atoms with Crippen LogP contribution in [-0.2, 0) is 0 Å². The van der Waals surface area contributed by atoms with Gasteiger partial charge in [0.15, 0.2) is 0 Å². The van der Waals surface area contributed by atoms with Gasteiger partial charge in [-0.15, -0.1) is 5.53 Å². The number of anilines is 3. The summed E-state index contributed by atoms with van der Waals surface area (Å²) >= 11 is 25.4. The number of fused-ring (bicyclic) bond motifs is 1. The molecule has 1 aliphatic rings. The van der Waals surface area contributed by atoms with Crippen LogP contribution in [0, 0.1) is 17.1 Å². The van der Waals surface area contributed by atoms with Gasteiger partial charge in [0.2, 0.25) is 0 Å². The Morgan fingerprint density at radius 2 is 1.85 bits per heavy atom. The molecule has 4 aromatic rings. The second-order valence-electron chi connectivity index (χ2n) is 8.62. The minimum absolute atomic E-state index is 0.0699. The normalized spacial score (nSPS) is 13.5. The van der Waals surface area contributed by atoms with Crippen LogP contribution in [-0.4, -0.2) is 33.2 Å². The molecule has 0 radical (unpaired) electrons. The summed E-state index contributed by atoms with van der Waals surface area (Å²) in [6.45, 7) is 0.261. The molecule has 14 heteroatoms. The molecule has 40 heavy (non-hydrogen) atoms. The van der Waals surface area contributed by atoms with Crippen molar-refractivity contribution in [1.82, 2.24) is 25.9 Å². The van der Waals surface area contributed by atoms with Gasteiger partial charge in [-0.2, -0.15) is 5.26 Å². The highest BCUT2D eigenvalue weighted by molar-refractivity contribution is 6.36. The van der Waals surface area contributed by atoms with Gasteiger partial charge in [0.25, 0.3) is 0 Å². The maximum Gasteiger partial charge on any atom is 0.141 e. The Morgan fingerprint density at radius 1 is 1.05 bits per heavy atom. The van der Waals surface area contributed by atoms with Crippen molar-refractivity contribution < 1.29 is 9.50 Å². The van der Waals surface area contributed by atoms with E-state index in [-0.39, 0.29) is 22.3 Å². The number of aliphatic hydroxyl groups excluding tert-OH is 1. The summed E-state index contributed by atoms with van der Waals surface area (Å²) in [7, 11) is 0. The standard InChI is InChI=1S/C26H19Cl4FN8O/c27-14-5-18(26(30)34-11-14)25(22-12-39(3-4-40)38-37-22)36-16-6-17-23(35-15-1-2-21(31)19(28)7-15)13(9-32)10-33-24(17)20(29)8-16/h1-2,5-8,10-12,25,36-38,40H,3-4H2,(H,33,35)/t25-/m0/s1. The number of hydrazine groups is 2. The SMILES string of the molecule is N#Cc1cnc2c(Cl)cc(N[C@H](C3=CN(CCO)NN3)c3cc(Cl)cnc3Cl)cc2c1Nc1ccc(F)c(Cl)c1. The Labute approximate surface area is 248 Å². The summed E-state index contributed by atoms with van der Waals surface area (Å²) in [4.78, 5) is 8.55. The number of hydrogen-bond acceptors (Lipinski definition) is 9. The van der Waals surface area contributed by atoms with Crippen LogP contribution in [0.25, 0.3) is 10.9 Å². The number of halogens is 5. The lowest BCUT2D eigenvalue weighted by atomic mass is 10.0. The molecule has 0 amide bonds. The first kappa shape index (κ1) is 28.0. The summed E-state index contributed by atoms with van der Waals surface area (Å²) in [6.07, 6.45) is 4.62. The second-order valence-corrected chi connectivity index (χ2v) is 10.2. The van der Waals surface area contributed by atoms with E-state index in [0.29, 0.717) is 55.8 Å². The maximum absolute atomic E-state index is 13.8. The molecule has 5 N–H and O–H groups in total. The number of aliphatic hydroxyl groups is 1. The fraction of sp³-hybridized carbons (Fsp3) is 0.115. The molecular formula is C26H19Cl4FN8O. The first-order valence-electron chi connectivity index (χ1n) is 11.7. The Morgan fingerprint density at radius 3 is 2.60 bits per heavy atom. The summed E-state index contributed by atoms with van der Waals surface area (Å²) < 4.78 is 13.8. The van der Waals surface area contributed by atoms with Crippen molar-refractivity contribution in [2.75, 3.05) is 23.8 Å². The van der Waals surface area contributed by atoms with Crippen LogP contribution < -0.4 is 21.6 Å². The van der Waals surface area contributed by atoms with Gasteiger partial charge in [0, 0.05) is 40.9 Å². The molecule has 9 nitrogen and oxygen atoms in total. The maximum atomic E-state index is 13.8.